The molecule has 4 aliphatic rings. The fraction of sp³-hybridized carbons (Fsp3) is 0.326. The summed E-state index contributed by atoms with van der Waals surface area (Å²) >= 11 is 0. The number of hydrogen-bond acceptors (Lipinski definition) is 14. The Balaban J connectivity index is 0.952. The number of nitrogens with zero attached hydrogens (tertiary/aromatic N) is 1. The molecule has 4 aromatic carbocycles. The molecule has 6 aromatic rings. The second-order valence-electron chi connectivity index (χ2n) is 13.9. The van der Waals surface area contributed by atoms with Gasteiger partial charge in [-0.3, -0.25) is 4.98 Å². The zero-order valence-electron chi connectivity index (χ0n) is 32.0. The Hall–Kier alpha value is -4.40. The van der Waals surface area contributed by atoms with Crippen molar-refractivity contribution in [2.75, 3.05) is 52.9 Å². The van der Waals surface area contributed by atoms with Crippen LogP contribution in [0.4, 0.5) is 0 Å². The number of hydrogen-bond donors (Lipinski definition) is 0. The quantitative estimate of drug-likeness (QED) is 0.0853. The molecule has 0 spiro atoms. The van der Waals surface area contributed by atoms with E-state index in [9.17, 15) is 0 Å². The first-order chi connectivity index (χ1) is 29.2. The van der Waals surface area contributed by atoms with Crippen LogP contribution in [0.2, 0.25) is 0 Å². The van der Waals surface area contributed by atoms with Crippen LogP contribution in [0.3, 0.4) is 0 Å². The molecule has 16 heteroatoms. The largest absolute Gasteiger partial charge is 0.453 e. The maximum Gasteiger partial charge on any atom is 0.453 e. The molecule has 1 atom stereocenters. The van der Waals surface area contributed by atoms with Gasteiger partial charge in [0.2, 0.25) is 9.03 Å². The number of rotatable bonds is 12. The molecule has 59 heavy (non-hydrogen) atoms. The number of fused-ring (bicyclic) bond motifs is 3. The van der Waals surface area contributed by atoms with Crippen LogP contribution in [0, 0.1) is 6.92 Å². The highest BCUT2D eigenvalue weighted by atomic mass is 31.1. The topological polar surface area (TPSA) is 141 Å². The Bertz CT molecular complexity index is 2400. The Kier molecular flexibility index (Phi) is 11.6. The lowest BCUT2D eigenvalue weighted by Gasteiger charge is -2.21. The van der Waals surface area contributed by atoms with Gasteiger partial charge in [0.25, 0.3) is 0 Å². The molecule has 1 unspecified atom stereocenters. The van der Waals surface area contributed by atoms with Gasteiger partial charge in [0.15, 0.2) is 42.1 Å². The van der Waals surface area contributed by atoms with Crippen molar-refractivity contribution >= 4 is 39.2 Å². The van der Waals surface area contributed by atoms with E-state index in [1.165, 1.54) is 0 Å². The molecule has 6 heterocycles. The molecule has 0 bridgehead atoms. The second-order valence-corrected chi connectivity index (χ2v) is 15.6. The van der Waals surface area contributed by atoms with Gasteiger partial charge in [0, 0.05) is 28.1 Å². The fourth-order valence-electron chi connectivity index (χ4n) is 7.60. The van der Waals surface area contributed by atoms with E-state index in [-0.39, 0.29) is 6.61 Å². The number of aromatic nitrogens is 1. The third kappa shape index (κ3) is 8.00. The van der Waals surface area contributed by atoms with Crippen LogP contribution in [-0.2, 0) is 49.0 Å². The van der Waals surface area contributed by atoms with Crippen LogP contribution >= 0.6 is 17.3 Å². The Morgan fingerprint density at radius 1 is 0.576 bits per heavy atom. The van der Waals surface area contributed by atoms with Gasteiger partial charge in [-0.25, -0.2) is 0 Å². The first-order valence-corrected chi connectivity index (χ1v) is 21.3. The number of ether oxygens (including phenoxy) is 8. The lowest BCUT2D eigenvalue weighted by molar-refractivity contribution is -0.0451. The standard InChI is InChI=1S/C43H41NO13P2/c1-26-27(7-2-8-28(26)40-45-17-18-46-40)29-9-3-12-32(41-47-19-20-48-41)37(29)54-58-53-25-35-36(15-6-16-44-35)55-59-56-38-30(10-4-13-33(38)42-49-21-22-50-42)31-11-5-14-34(39(31)57-59)43-51-23-24-52-43/h2-16,40-43,58H,17-25H2,1H3. The summed E-state index contributed by atoms with van der Waals surface area (Å²) in [7, 11) is -2.55. The van der Waals surface area contributed by atoms with E-state index in [2.05, 4.69) is 18.0 Å². The predicted octanol–water partition coefficient (Wildman–Crippen LogP) is 9.79. The van der Waals surface area contributed by atoms with Gasteiger partial charge in [-0.2, -0.15) is 0 Å². The highest BCUT2D eigenvalue weighted by Gasteiger charge is 2.29. The van der Waals surface area contributed by atoms with Crippen molar-refractivity contribution in [1.29, 1.82) is 0 Å². The van der Waals surface area contributed by atoms with E-state index in [0.717, 1.165) is 49.7 Å². The van der Waals surface area contributed by atoms with Gasteiger partial charge in [-0.15, -0.1) is 0 Å². The van der Waals surface area contributed by atoms with Gasteiger partial charge in [0.1, 0.15) is 18.1 Å². The Labute approximate surface area is 342 Å². The summed E-state index contributed by atoms with van der Waals surface area (Å²) in [5.74, 6) is 1.02. The molecular weight excluding hydrogens is 800 g/mol. The van der Waals surface area contributed by atoms with Crippen molar-refractivity contribution in [2.45, 2.75) is 38.7 Å². The second kappa shape index (κ2) is 17.7. The lowest BCUT2D eigenvalue weighted by atomic mass is 9.94. The first kappa shape index (κ1) is 38.8. The molecule has 0 N–H and O–H groups in total. The molecular formula is C43H41NO13P2. The third-order valence-corrected chi connectivity index (χ3v) is 11.9. The van der Waals surface area contributed by atoms with Gasteiger partial charge in [0.05, 0.1) is 69.5 Å². The smallest absolute Gasteiger partial charge is 0.449 e. The minimum absolute atomic E-state index is 0.0633. The number of para-hydroxylation sites is 3. The SMILES string of the molecule is Cc1c(-c2cccc(C3OCCO3)c2OPOCc2ncccc2Op2oc3c(C4OCCO4)cccc3c3cccc(C4OCCO4)c3o2)cccc1C1OCCO1. The van der Waals surface area contributed by atoms with Gasteiger partial charge in [-0.1, -0.05) is 72.8 Å². The Morgan fingerprint density at radius 3 is 1.66 bits per heavy atom. The average molecular weight is 842 g/mol. The molecule has 0 saturated carbocycles. The van der Waals surface area contributed by atoms with Crippen molar-refractivity contribution in [3.63, 3.8) is 0 Å². The average Bonchev–Trinajstić information content (AvgIpc) is 4.12. The summed E-state index contributed by atoms with van der Waals surface area (Å²) in [5.41, 5.74) is 7.66. The van der Waals surface area contributed by atoms with Crippen LogP contribution < -0.4 is 9.05 Å². The summed E-state index contributed by atoms with van der Waals surface area (Å²) in [4.78, 5) is 4.62. The van der Waals surface area contributed by atoms with Gasteiger partial charge in [-0.05, 0) is 30.2 Å². The van der Waals surface area contributed by atoms with Crippen molar-refractivity contribution < 1.29 is 59.9 Å². The highest BCUT2D eigenvalue weighted by molar-refractivity contribution is 7.32. The highest BCUT2D eigenvalue weighted by Crippen LogP contribution is 2.46. The zero-order valence-corrected chi connectivity index (χ0v) is 33.9. The predicted molar refractivity (Wildman–Crippen MR) is 216 cm³/mol. The first-order valence-electron chi connectivity index (χ1n) is 19.4. The van der Waals surface area contributed by atoms with Crippen LogP contribution in [0.25, 0.3) is 33.1 Å². The molecule has 2 aromatic heterocycles. The van der Waals surface area contributed by atoms with Crippen molar-refractivity contribution in [1.82, 2.24) is 4.98 Å². The summed E-state index contributed by atoms with van der Waals surface area (Å²) in [6.45, 7) is 6.11. The monoisotopic (exact) mass is 841 g/mol. The molecule has 306 valence electrons. The molecule has 4 aliphatic heterocycles. The lowest BCUT2D eigenvalue weighted by Crippen LogP contribution is -2.04. The minimum Gasteiger partial charge on any atom is -0.449 e. The molecule has 14 nitrogen and oxygen atoms in total. The number of pyridine rings is 1. The third-order valence-electron chi connectivity index (χ3n) is 10.4. The van der Waals surface area contributed by atoms with Gasteiger partial charge >= 0.3 is 8.24 Å². The summed E-state index contributed by atoms with van der Waals surface area (Å²) in [6.07, 6.45) is -0.516. The summed E-state index contributed by atoms with van der Waals surface area (Å²) in [5, 5.41) is 1.60. The van der Waals surface area contributed by atoms with E-state index in [1.807, 2.05) is 66.7 Å². The van der Waals surface area contributed by atoms with Crippen LogP contribution in [0.15, 0.2) is 99.5 Å². The van der Waals surface area contributed by atoms with E-state index in [4.69, 9.17) is 59.9 Å². The van der Waals surface area contributed by atoms with Crippen molar-refractivity contribution in [3.8, 4) is 22.6 Å². The molecule has 0 radical (unpaired) electrons. The zero-order chi connectivity index (χ0) is 39.5. The fourth-order valence-corrected chi connectivity index (χ4v) is 9.31. The van der Waals surface area contributed by atoms with E-state index in [1.54, 1.807) is 18.3 Å². The van der Waals surface area contributed by atoms with E-state index >= 15 is 0 Å². The number of benzene rings is 4. The Morgan fingerprint density at radius 2 is 1.07 bits per heavy atom. The molecule has 4 saturated heterocycles. The summed E-state index contributed by atoms with van der Waals surface area (Å²) in [6, 6.07) is 27.3. The molecule has 0 amide bonds. The maximum absolute atomic E-state index is 6.66. The van der Waals surface area contributed by atoms with Crippen LogP contribution in [-0.4, -0.2) is 57.8 Å². The molecule has 0 aliphatic carbocycles. The van der Waals surface area contributed by atoms with Crippen LogP contribution in [0.5, 0.6) is 11.5 Å². The molecule has 10 rings (SSSR count). The molecule has 4 fully saturated rings. The van der Waals surface area contributed by atoms with Gasteiger partial charge < -0.3 is 59.9 Å². The maximum atomic E-state index is 6.66. The van der Waals surface area contributed by atoms with Crippen molar-refractivity contribution in [3.05, 3.63) is 125 Å². The minimum atomic E-state index is -2.12. The summed E-state index contributed by atoms with van der Waals surface area (Å²) < 4.78 is 79.9. The van der Waals surface area contributed by atoms with E-state index < -0.39 is 42.4 Å². The normalized spacial score (nSPS) is 18.3. The van der Waals surface area contributed by atoms with E-state index in [0.29, 0.717) is 81.2 Å². The van der Waals surface area contributed by atoms with Crippen molar-refractivity contribution in [2.24, 2.45) is 0 Å². The van der Waals surface area contributed by atoms with Crippen LogP contribution in [0.1, 0.15) is 58.7 Å².